The molecule has 106 valence electrons. The van der Waals surface area contributed by atoms with Crippen molar-refractivity contribution >= 4 is 33.0 Å². The molecule has 0 N–H and O–H groups in total. The highest BCUT2D eigenvalue weighted by atomic mass is 35.5. The number of hydrogen-bond acceptors (Lipinski definition) is 3. The first kappa shape index (κ1) is 14.1. The summed E-state index contributed by atoms with van der Waals surface area (Å²) < 4.78 is 26.7. The third-order valence-corrected chi connectivity index (χ3v) is 6.45. The third kappa shape index (κ3) is 2.63. The highest BCUT2D eigenvalue weighted by Gasteiger charge is 2.33. The van der Waals surface area contributed by atoms with E-state index in [9.17, 15) is 8.42 Å². The molecule has 1 fully saturated rings. The van der Waals surface area contributed by atoms with E-state index >= 15 is 0 Å². The molecule has 1 saturated heterocycles. The SMILES string of the molecule is O=S(=O)(c1ccc(Cl)cc1)N1CCC(c2ccsc2)C1. The van der Waals surface area contributed by atoms with Crippen molar-refractivity contribution in [2.75, 3.05) is 13.1 Å². The van der Waals surface area contributed by atoms with Gasteiger partial charge in [0.2, 0.25) is 10.0 Å². The molecule has 3 nitrogen and oxygen atoms in total. The molecule has 2 aromatic rings. The maximum absolute atomic E-state index is 12.5. The lowest BCUT2D eigenvalue weighted by atomic mass is 10.0. The fourth-order valence-corrected chi connectivity index (χ4v) is 4.85. The monoisotopic (exact) mass is 327 g/mol. The van der Waals surface area contributed by atoms with Crippen molar-refractivity contribution < 1.29 is 8.42 Å². The minimum absolute atomic E-state index is 0.309. The van der Waals surface area contributed by atoms with Gasteiger partial charge >= 0.3 is 0 Å². The second-order valence-corrected chi connectivity index (χ2v) is 8.01. The topological polar surface area (TPSA) is 37.4 Å². The van der Waals surface area contributed by atoms with Crippen molar-refractivity contribution in [1.29, 1.82) is 0 Å². The Labute approximate surface area is 127 Å². The second-order valence-electron chi connectivity index (χ2n) is 4.86. The number of halogens is 1. The maximum atomic E-state index is 12.5. The quantitative estimate of drug-likeness (QED) is 0.864. The van der Waals surface area contributed by atoms with Gasteiger partial charge in [-0.1, -0.05) is 11.6 Å². The lowest BCUT2D eigenvalue weighted by Gasteiger charge is -2.16. The minimum atomic E-state index is -3.40. The van der Waals surface area contributed by atoms with E-state index in [2.05, 4.69) is 11.4 Å². The van der Waals surface area contributed by atoms with Crippen LogP contribution in [0.3, 0.4) is 0 Å². The summed E-state index contributed by atoms with van der Waals surface area (Å²) in [6, 6.07) is 8.43. The fraction of sp³-hybridized carbons (Fsp3) is 0.286. The Morgan fingerprint density at radius 3 is 2.60 bits per heavy atom. The third-order valence-electron chi connectivity index (χ3n) is 3.62. The van der Waals surface area contributed by atoms with Gasteiger partial charge in [0, 0.05) is 18.1 Å². The van der Waals surface area contributed by atoms with Gasteiger partial charge in [0.05, 0.1) is 4.90 Å². The zero-order chi connectivity index (χ0) is 14.2. The summed E-state index contributed by atoms with van der Waals surface area (Å²) in [5.74, 6) is 0.309. The molecular formula is C14H14ClNO2S2. The summed E-state index contributed by atoms with van der Waals surface area (Å²) in [7, 11) is -3.40. The van der Waals surface area contributed by atoms with Crippen molar-refractivity contribution in [1.82, 2.24) is 4.31 Å². The first-order valence-corrected chi connectivity index (χ1v) is 9.11. The Kier molecular flexibility index (Phi) is 3.86. The molecule has 1 aliphatic heterocycles. The van der Waals surface area contributed by atoms with E-state index in [1.54, 1.807) is 39.9 Å². The van der Waals surface area contributed by atoms with Crippen molar-refractivity contribution in [2.24, 2.45) is 0 Å². The van der Waals surface area contributed by atoms with Crippen LogP contribution in [0, 0.1) is 0 Å². The molecule has 0 radical (unpaired) electrons. The number of benzene rings is 1. The van der Waals surface area contributed by atoms with Crippen LogP contribution in [-0.4, -0.2) is 25.8 Å². The standard InChI is InChI=1S/C14H14ClNO2S2/c15-13-1-3-14(4-2-13)20(17,18)16-7-5-11(9-16)12-6-8-19-10-12/h1-4,6,8,10-11H,5,7,9H2. The first-order chi connectivity index (χ1) is 9.57. The van der Waals surface area contributed by atoms with Crippen LogP contribution in [-0.2, 0) is 10.0 Å². The van der Waals surface area contributed by atoms with E-state index in [0.29, 0.717) is 28.9 Å². The van der Waals surface area contributed by atoms with Crippen LogP contribution in [0.5, 0.6) is 0 Å². The normalized spacial score (nSPS) is 20.4. The van der Waals surface area contributed by atoms with Gasteiger partial charge in [-0.25, -0.2) is 8.42 Å². The van der Waals surface area contributed by atoms with Gasteiger partial charge in [0.25, 0.3) is 0 Å². The zero-order valence-corrected chi connectivity index (χ0v) is 13.1. The minimum Gasteiger partial charge on any atom is -0.207 e. The van der Waals surface area contributed by atoms with E-state index < -0.39 is 10.0 Å². The molecule has 0 amide bonds. The van der Waals surface area contributed by atoms with Gasteiger partial charge in [-0.3, -0.25) is 0 Å². The molecule has 20 heavy (non-hydrogen) atoms. The molecular weight excluding hydrogens is 314 g/mol. The Balaban J connectivity index is 1.81. The van der Waals surface area contributed by atoms with Crippen LogP contribution in [0.25, 0.3) is 0 Å². The van der Waals surface area contributed by atoms with E-state index in [1.807, 2.05) is 5.38 Å². The molecule has 0 saturated carbocycles. The summed E-state index contributed by atoms with van der Waals surface area (Å²) >= 11 is 7.46. The van der Waals surface area contributed by atoms with E-state index in [1.165, 1.54) is 5.56 Å². The summed E-state index contributed by atoms with van der Waals surface area (Å²) in [5.41, 5.74) is 1.24. The Bertz CT molecular complexity index is 680. The molecule has 2 heterocycles. The Hall–Kier alpha value is -0.880. The largest absolute Gasteiger partial charge is 0.243 e. The number of rotatable bonds is 3. The van der Waals surface area contributed by atoms with Crippen LogP contribution in [0.4, 0.5) is 0 Å². The molecule has 1 atom stereocenters. The van der Waals surface area contributed by atoms with Crippen molar-refractivity contribution in [3.05, 3.63) is 51.7 Å². The average Bonchev–Trinajstić information content (AvgIpc) is 3.10. The molecule has 6 heteroatoms. The van der Waals surface area contributed by atoms with Gasteiger partial charge < -0.3 is 0 Å². The summed E-state index contributed by atoms with van der Waals surface area (Å²) in [6.45, 7) is 1.13. The van der Waals surface area contributed by atoms with Gasteiger partial charge in [-0.05, 0) is 59.0 Å². The number of nitrogens with zero attached hydrogens (tertiary/aromatic N) is 1. The smallest absolute Gasteiger partial charge is 0.207 e. The lowest BCUT2D eigenvalue weighted by Crippen LogP contribution is -2.28. The van der Waals surface area contributed by atoms with Gasteiger partial charge in [-0.15, -0.1) is 0 Å². The average molecular weight is 328 g/mol. The maximum Gasteiger partial charge on any atom is 0.243 e. The van der Waals surface area contributed by atoms with Crippen LogP contribution < -0.4 is 0 Å². The van der Waals surface area contributed by atoms with Gasteiger partial charge in [-0.2, -0.15) is 15.6 Å². The molecule has 1 aliphatic rings. The number of hydrogen-bond donors (Lipinski definition) is 0. The van der Waals surface area contributed by atoms with Crippen LogP contribution in [0.2, 0.25) is 5.02 Å². The van der Waals surface area contributed by atoms with Crippen LogP contribution in [0.1, 0.15) is 17.9 Å². The van der Waals surface area contributed by atoms with Crippen LogP contribution in [0.15, 0.2) is 46.0 Å². The molecule has 3 rings (SSSR count). The molecule has 1 aromatic carbocycles. The predicted octanol–water partition coefficient (Wildman–Crippen LogP) is 3.58. The number of sulfonamides is 1. The molecule has 0 bridgehead atoms. The second kappa shape index (κ2) is 5.48. The number of thiophene rings is 1. The van der Waals surface area contributed by atoms with E-state index in [0.717, 1.165) is 6.42 Å². The molecule has 1 aromatic heterocycles. The van der Waals surface area contributed by atoms with Crippen LogP contribution >= 0.6 is 22.9 Å². The zero-order valence-electron chi connectivity index (χ0n) is 10.7. The van der Waals surface area contributed by atoms with Crippen molar-refractivity contribution in [3.8, 4) is 0 Å². The van der Waals surface area contributed by atoms with Crippen molar-refractivity contribution in [3.63, 3.8) is 0 Å². The fourth-order valence-electron chi connectivity index (χ4n) is 2.48. The van der Waals surface area contributed by atoms with E-state index in [-0.39, 0.29) is 0 Å². The summed E-state index contributed by atoms with van der Waals surface area (Å²) in [5, 5.41) is 4.68. The Morgan fingerprint density at radius 2 is 1.95 bits per heavy atom. The van der Waals surface area contributed by atoms with Crippen molar-refractivity contribution in [2.45, 2.75) is 17.2 Å². The van der Waals surface area contributed by atoms with Gasteiger partial charge in [0.15, 0.2) is 0 Å². The molecule has 1 unspecified atom stereocenters. The first-order valence-electron chi connectivity index (χ1n) is 6.35. The lowest BCUT2D eigenvalue weighted by molar-refractivity contribution is 0.473. The summed E-state index contributed by atoms with van der Waals surface area (Å²) in [6.07, 6.45) is 0.879. The predicted molar refractivity (Wildman–Crippen MR) is 81.9 cm³/mol. The molecule has 0 spiro atoms. The van der Waals surface area contributed by atoms with E-state index in [4.69, 9.17) is 11.6 Å². The highest BCUT2D eigenvalue weighted by molar-refractivity contribution is 7.89. The molecule has 0 aliphatic carbocycles. The Morgan fingerprint density at radius 1 is 1.20 bits per heavy atom. The summed E-state index contributed by atoms with van der Waals surface area (Å²) in [4.78, 5) is 0.313. The highest BCUT2D eigenvalue weighted by Crippen LogP contribution is 2.32. The van der Waals surface area contributed by atoms with Gasteiger partial charge in [0.1, 0.15) is 0 Å².